The molecule has 2 aromatic carbocycles. The van der Waals surface area contributed by atoms with E-state index in [0.29, 0.717) is 22.0 Å². The molecule has 0 spiro atoms. The van der Waals surface area contributed by atoms with Gasteiger partial charge in [0, 0.05) is 22.7 Å². The number of aromatic nitrogens is 1. The quantitative estimate of drug-likeness (QED) is 0.501. The van der Waals surface area contributed by atoms with Gasteiger partial charge in [-0.25, -0.2) is 13.4 Å². The van der Waals surface area contributed by atoms with E-state index in [4.69, 9.17) is 16.3 Å². The van der Waals surface area contributed by atoms with Gasteiger partial charge in [0.2, 0.25) is 5.88 Å². The Morgan fingerprint density at radius 2 is 1.74 bits per heavy atom. The fraction of sp³-hybridized carbons (Fsp3) is 0.182. The van der Waals surface area contributed by atoms with Crippen LogP contribution >= 0.6 is 11.6 Å². The smallest absolute Gasteiger partial charge is 0.261 e. The number of nitrogens with zero attached hydrogens (tertiary/aromatic N) is 1. The lowest BCUT2D eigenvalue weighted by Gasteiger charge is -2.12. The van der Waals surface area contributed by atoms with Gasteiger partial charge in [-0.05, 0) is 67.9 Å². The van der Waals surface area contributed by atoms with E-state index in [1.165, 1.54) is 30.5 Å². The van der Waals surface area contributed by atoms with Crippen molar-refractivity contribution in [3.63, 3.8) is 0 Å². The lowest BCUT2D eigenvalue weighted by atomic mass is 10.2. The summed E-state index contributed by atoms with van der Waals surface area (Å²) in [6.45, 7) is 3.95. The number of nitrogens with one attached hydrogen (secondary N) is 2. The van der Waals surface area contributed by atoms with E-state index in [1.54, 1.807) is 36.4 Å². The first-order chi connectivity index (χ1) is 14.8. The van der Waals surface area contributed by atoms with Crippen LogP contribution in [0.3, 0.4) is 0 Å². The average molecular weight is 460 g/mol. The first-order valence-electron chi connectivity index (χ1n) is 9.60. The van der Waals surface area contributed by atoms with Crippen molar-refractivity contribution in [3.8, 4) is 11.6 Å². The second-order valence-electron chi connectivity index (χ2n) is 6.85. The fourth-order valence-electron chi connectivity index (χ4n) is 2.53. The highest BCUT2D eigenvalue weighted by atomic mass is 35.5. The summed E-state index contributed by atoms with van der Waals surface area (Å²) in [7, 11) is -3.75. The van der Waals surface area contributed by atoms with Crippen LogP contribution in [0.25, 0.3) is 0 Å². The molecule has 1 atom stereocenters. The van der Waals surface area contributed by atoms with Gasteiger partial charge in [-0.15, -0.1) is 0 Å². The molecule has 1 amide bonds. The van der Waals surface area contributed by atoms with E-state index >= 15 is 0 Å². The monoisotopic (exact) mass is 459 g/mol. The minimum atomic E-state index is -3.75. The van der Waals surface area contributed by atoms with Crippen molar-refractivity contribution in [1.82, 2.24) is 10.3 Å². The van der Waals surface area contributed by atoms with Crippen molar-refractivity contribution in [3.05, 3.63) is 77.4 Å². The Morgan fingerprint density at radius 3 is 2.32 bits per heavy atom. The molecule has 3 rings (SSSR count). The zero-order valence-corrected chi connectivity index (χ0v) is 18.6. The number of hydrogen-bond acceptors (Lipinski definition) is 5. The highest BCUT2D eigenvalue weighted by Crippen LogP contribution is 2.23. The molecule has 0 aliphatic rings. The minimum absolute atomic E-state index is 0.0923. The molecule has 0 aliphatic carbocycles. The van der Waals surface area contributed by atoms with Gasteiger partial charge in [0.25, 0.3) is 15.9 Å². The van der Waals surface area contributed by atoms with Crippen molar-refractivity contribution in [1.29, 1.82) is 0 Å². The van der Waals surface area contributed by atoms with Crippen LogP contribution < -0.4 is 14.8 Å². The van der Waals surface area contributed by atoms with Gasteiger partial charge in [-0.2, -0.15) is 0 Å². The molecule has 162 valence electrons. The van der Waals surface area contributed by atoms with Crippen LogP contribution in [0.1, 0.15) is 30.6 Å². The Kier molecular flexibility index (Phi) is 7.14. The molecule has 0 saturated carbocycles. The predicted octanol–water partition coefficient (Wildman–Crippen LogP) is 4.86. The summed E-state index contributed by atoms with van der Waals surface area (Å²) in [6.07, 6.45) is 2.21. The number of rotatable bonds is 8. The molecular formula is C22H22ClN3O4S. The van der Waals surface area contributed by atoms with Gasteiger partial charge in [0.1, 0.15) is 5.75 Å². The Hall–Kier alpha value is -3.10. The highest BCUT2D eigenvalue weighted by Gasteiger charge is 2.14. The van der Waals surface area contributed by atoms with Crippen LogP contribution in [0.4, 0.5) is 5.69 Å². The maximum Gasteiger partial charge on any atom is 0.261 e. The second kappa shape index (κ2) is 9.80. The number of benzene rings is 2. The standard InChI is InChI=1S/C22H22ClN3O4S/c1-3-15(2)25-22(27)16-4-9-19(10-5-16)30-21-13-8-18(14-24-21)26-31(28,29)20-11-6-17(23)7-12-20/h4-15,26H,3H2,1-2H3,(H,25,27). The van der Waals surface area contributed by atoms with Gasteiger partial charge in [0.15, 0.2) is 0 Å². The molecule has 2 N–H and O–H groups in total. The SMILES string of the molecule is CCC(C)NC(=O)c1ccc(Oc2ccc(NS(=O)(=O)c3ccc(Cl)cc3)cn2)cc1. The molecule has 1 heterocycles. The number of amides is 1. The largest absolute Gasteiger partial charge is 0.439 e. The third kappa shape index (κ3) is 6.19. The lowest BCUT2D eigenvalue weighted by Crippen LogP contribution is -2.31. The summed E-state index contributed by atoms with van der Waals surface area (Å²) in [6, 6.07) is 15.7. The van der Waals surface area contributed by atoms with E-state index in [0.717, 1.165) is 6.42 Å². The zero-order chi connectivity index (χ0) is 22.4. The summed E-state index contributed by atoms with van der Waals surface area (Å²) in [5.74, 6) is 0.643. The summed E-state index contributed by atoms with van der Waals surface area (Å²) in [5, 5.41) is 3.35. The van der Waals surface area contributed by atoms with E-state index in [2.05, 4.69) is 15.0 Å². The lowest BCUT2D eigenvalue weighted by molar-refractivity contribution is 0.0939. The minimum Gasteiger partial charge on any atom is -0.439 e. The third-order valence-corrected chi connectivity index (χ3v) is 6.09. The molecule has 0 saturated heterocycles. The Bertz CT molecular complexity index is 1130. The number of pyridine rings is 1. The van der Waals surface area contributed by atoms with E-state index < -0.39 is 10.0 Å². The molecule has 31 heavy (non-hydrogen) atoms. The molecule has 0 aliphatic heterocycles. The van der Waals surface area contributed by atoms with Crippen LogP contribution in [-0.2, 0) is 10.0 Å². The molecule has 0 radical (unpaired) electrons. The first kappa shape index (κ1) is 22.6. The van der Waals surface area contributed by atoms with Gasteiger partial charge in [-0.3, -0.25) is 9.52 Å². The second-order valence-corrected chi connectivity index (χ2v) is 8.97. The first-order valence-corrected chi connectivity index (χ1v) is 11.5. The van der Waals surface area contributed by atoms with Crippen molar-refractivity contribution in [2.24, 2.45) is 0 Å². The molecule has 0 bridgehead atoms. The van der Waals surface area contributed by atoms with Gasteiger partial charge in [0.05, 0.1) is 16.8 Å². The molecule has 9 heteroatoms. The summed E-state index contributed by atoms with van der Waals surface area (Å²) >= 11 is 5.80. The maximum atomic E-state index is 12.4. The van der Waals surface area contributed by atoms with Gasteiger partial charge < -0.3 is 10.1 Å². The van der Waals surface area contributed by atoms with Crippen LogP contribution in [0.5, 0.6) is 11.6 Å². The summed E-state index contributed by atoms with van der Waals surface area (Å²) < 4.78 is 32.9. The van der Waals surface area contributed by atoms with Crippen LogP contribution in [0.15, 0.2) is 71.8 Å². The summed E-state index contributed by atoms with van der Waals surface area (Å²) in [5.41, 5.74) is 0.826. The maximum absolute atomic E-state index is 12.4. The third-order valence-electron chi connectivity index (χ3n) is 4.44. The van der Waals surface area contributed by atoms with Gasteiger partial charge in [-0.1, -0.05) is 18.5 Å². The number of hydrogen-bond donors (Lipinski definition) is 2. The van der Waals surface area contributed by atoms with Crippen molar-refractivity contribution < 1.29 is 17.9 Å². The van der Waals surface area contributed by atoms with Gasteiger partial charge >= 0.3 is 0 Å². The number of halogens is 1. The fourth-order valence-corrected chi connectivity index (χ4v) is 3.70. The Labute approximate surface area is 186 Å². The Morgan fingerprint density at radius 1 is 1.06 bits per heavy atom. The van der Waals surface area contributed by atoms with E-state index in [9.17, 15) is 13.2 Å². The molecule has 0 fully saturated rings. The normalized spacial score (nSPS) is 12.1. The number of anilines is 1. The van der Waals surface area contributed by atoms with Crippen LogP contribution in [0.2, 0.25) is 5.02 Å². The van der Waals surface area contributed by atoms with Crippen molar-refractivity contribution in [2.75, 3.05) is 4.72 Å². The van der Waals surface area contributed by atoms with E-state index in [-0.39, 0.29) is 22.7 Å². The number of carbonyl (C=O) groups excluding carboxylic acids is 1. The highest BCUT2D eigenvalue weighted by molar-refractivity contribution is 7.92. The van der Waals surface area contributed by atoms with E-state index in [1.807, 2.05) is 13.8 Å². The molecule has 3 aromatic rings. The van der Waals surface area contributed by atoms with Crippen molar-refractivity contribution in [2.45, 2.75) is 31.2 Å². The number of carbonyl (C=O) groups is 1. The molecule has 1 unspecified atom stereocenters. The Balaban J connectivity index is 1.63. The topological polar surface area (TPSA) is 97.4 Å². The summed E-state index contributed by atoms with van der Waals surface area (Å²) in [4.78, 5) is 16.3. The molecule has 7 nitrogen and oxygen atoms in total. The molecule has 1 aromatic heterocycles. The van der Waals surface area contributed by atoms with Crippen LogP contribution in [0, 0.1) is 0 Å². The molecular weight excluding hydrogens is 438 g/mol. The van der Waals surface area contributed by atoms with Crippen LogP contribution in [-0.4, -0.2) is 25.4 Å². The number of sulfonamides is 1. The zero-order valence-electron chi connectivity index (χ0n) is 17.0. The average Bonchev–Trinajstić information content (AvgIpc) is 2.75. The van der Waals surface area contributed by atoms with Crippen molar-refractivity contribution >= 4 is 33.2 Å². The number of ether oxygens (including phenoxy) is 1. The predicted molar refractivity (Wildman–Crippen MR) is 120 cm³/mol.